The first-order valence-electron chi connectivity index (χ1n) is 12.1. The fraction of sp³-hybridized carbons (Fsp3) is 0.167. The number of methoxy groups -OCH3 is 2. The summed E-state index contributed by atoms with van der Waals surface area (Å²) in [5.74, 6) is 0.560. The Balaban J connectivity index is 1.54. The summed E-state index contributed by atoms with van der Waals surface area (Å²) < 4.78 is 18.6. The van der Waals surface area contributed by atoms with Crippen LogP contribution in [0.15, 0.2) is 93.9 Å². The Labute approximate surface area is 233 Å². The van der Waals surface area contributed by atoms with Gasteiger partial charge in [0.2, 0.25) is 0 Å². The maximum absolute atomic E-state index is 13.7. The van der Waals surface area contributed by atoms with Gasteiger partial charge in [0, 0.05) is 10.6 Å². The molecule has 0 spiro atoms. The van der Waals surface area contributed by atoms with E-state index in [0.29, 0.717) is 37.1 Å². The number of esters is 1. The third-order valence-electron chi connectivity index (χ3n) is 6.37. The quantitative estimate of drug-likeness (QED) is 0.307. The molecule has 3 aromatic carbocycles. The van der Waals surface area contributed by atoms with Gasteiger partial charge in [0.15, 0.2) is 16.3 Å². The molecule has 1 atom stereocenters. The smallest absolute Gasteiger partial charge is 0.338 e. The lowest BCUT2D eigenvalue weighted by Gasteiger charge is -2.24. The van der Waals surface area contributed by atoms with Crippen LogP contribution in [0.3, 0.4) is 0 Å². The highest BCUT2D eigenvalue weighted by molar-refractivity contribution is 7.07. The summed E-state index contributed by atoms with van der Waals surface area (Å²) >= 11 is 7.51. The minimum Gasteiger partial charge on any atom is -0.493 e. The molecule has 0 N–H and O–H groups in total. The largest absolute Gasteiger partial charge is 0.493 e. The highest BCUT2D eigenvalue weighted by Crippen LogP contribution is 2.31. The van der Waals surface area contributed by atoms with E-state index < -0.39 is 12.0 Å². The van der Waals surface area contributed by atoms with Crippen LogP contribution in [0.5, 0.6) is 11.5 Å². The summed E-state index contributed by atoms with van der Waals surface area (Å²) in [6.07, 6.45) is 1.78. The van der Waals surface area contributed by atoms with Crippen LogP contribution in [0.1, 0.15) is 29.7 Å². The van der Waals surface area contributed by atoms with E-state index in [1.54, 1.807) is 36.8 Å². The molecule has 198 valence electrons. The molecule has 2 heterocycles. The third-order valence-corrected chi connectivity index (χ3v) is 7.72. The molecule has 1 aliphatic heterocycles. The average molecular weight is 561 g/mol. The van der Waals surface area contributed by atoms with Gasteiger partial charge in [0.25, 0.3) is 5.56 Å². The number of carbonyl (C=O) groups excluding carboxylic acids is 1. The van der Waals surface area contributed by atoms with Gasteiger partial charge in [0.05, 0.1) is 36.1 Å². The standard InChI is InChI=1S/C30H25ClN2O5S/c1-18-26(29(35)37-3)27(20-9-5-4-6-10-20)33-28(34)25(39-30(33)32-18)16-19-13-14-23(24(15-19)36-2)38-17-21-11-7-8-12-22(21)31/h4-16,27H,17H2,1-3H3. The number of allylic oxidation sites excluding steroid dienone is 1. The minimum absolute atomic E-state index is 0.250. The normalized spacial score (nSPS) is 15.0. The van der Waals surface area contributed by atoms with Crippen LogP contribution in [0, 0.1) is 0 Å². The molecule has 0 saturated carbocycles. The monoisotopic (exact) mass is 560 g/mol. The van der Waals surface area contributed by atoms with Crippen molar-refractivity contribution in [2.45, 2.75) is 19.6 Å². The summed E-state index contributed by atoms with van der Waals surface area (Å²) in [6, 6.07) is 21.7. The van der Waals surface area contributed by atoms with Crippen molar-refractivity contribution in [2.24, 2.45) is 4.99 Å². The first-order valence-corrected chi connectivity index (χ1v) is 13.3. The Morgan fingerprint density at radius 2 is 1.79 bits per heavy atom. The molecule has 0 amide bonds. The van der Waals surface area contributed by atoms with Crippen molar-refractivity contribution in [1.29, 1.82) is 0 Å². The maximum atomic E-state index is 13.7. The lowest BCUT2D eigenvalue weighted by molar-refractivity contribution is -0.136. The zero-order valence-corrected chi connectivity index (χ0v) is 23.1. The molecular formula is C30H25ClN2O5S. The first-order chi connectivity index (χ1) is 18.9. The number of benzene rings is 3. The van der Waals surface area contributed by atoms with Crippen molar-refractivity contribution in [3.8, 4) is 11.5 Å². The fourth-order valence-corrected chi connectivity index (χ4v) is 5.70. The molecule has 1 unspecified atom stereocenters. The SMILES string of the molecule is COC(=O)C1=C(C)N=c2sc(=Cc3ccc(OCc4ccccc4Cl)c(OC)c3)c(=O)n2C1c1ccccc1. The van der Waals surface area contributed by atoms with Gasteiger partial charge < -0.3 is 14.2 Å². The predicted molar refractivity (Wildman–Crippen MR) is 151 cm³/mol. The molecule has 0 radical (unpaired) electrons. The van der Waals surface area contributed by atoms with E-state index in [1.165, 1.54) is 18.4 Å². The van der Waals surface area contributed by atoms with Crippen LogP contribution in [-0.2, 0) is 16.1 Å². The molecule has 9 heteroatoms. The van der Waals surface area contributed by atoms with Gasteiger partial charge in [-0.2, -0.15) is 0 Å². The van der Waals surface area contributed by atoms with Gasteiger partial charge in [0.1, 0.15) is 6.61 Å². The van der Waals surface area contributed by atoms with Crippen LogP contribution in [0.25, 0.3) is 6.08 Å². The van der Waals surface area contributed by atoms with Gasteiger partial charge in [-0.15, -0.1) is 0 Å². The van der Waals surface area contributed by atoms with Crippen molar-refractivity contribution in [3.05, 3.63) is 125 Å². The minimum atomic E-state index is -0.646. The molecule has 1 aliphatic rings. The molecule has 5 rings (SSSR count). The Hall–Kier alpha value is -4.14. The maximum Gasteiger partial charge on any atom is 0.338 e. The van der Waals surface area contributed by atoms with E-state index in [2.05, 4.69) is 4.99 Å². The van der Waals surface area contributed by atoms with Crippen LogP contribution in [0.2, 0.25) is 5.02 Å². The predicted octanol–water partition coefficient (Wildman–Crippen LogP) is 4.65. The highest BCUT2D eigenvalue weighted by Gasteiger charge is 2.32. The molecular weight excluding hydrogens is 536 g/mol. The van der Waals surface area contributed by atoms with Gasteiger partial charge in [-0.3, -0.25) is 9.36 Å². The van der Waals surface area contributed by atoms with Gasteiger partial charge in [-0.1, -0.05) is 77.5 Å². The molecule has 7 nitrogen and oxygen atoms in total. The van der Waals surface area contributed by atoms with E-state index in [9.17, 15) is 9.59 Å². The fourth-order valence-electron chi connectivity index (χ4n) is 4.46. The molecule has 4 aromatic rings. The topological polar surface area (TPSA) is 79.1 Å². The number of halogens is 1. The number of fused-ring (bicyclic) bond motifs is 1. The number of aromatic nitrogens is 1. The van der Waals surface area contributed by atoms with E-state index in [-0.39, 0.29) is 12.2 Å². The first kappa shape index (κ1) is 26.5. The zero-order chi connectivity index (χ0) is 27.5. The molecule has 1 aromatic heterocycles. The number of carbonyl (C=O) groups is 1. The lowest BCUT2D eigenvalue weighted by atomic mass is 9.96. The highest BCUT2D eigenvalue weighted by atomic mass is 35.5. The lowest BCUT2D eigenvalue weighted by Crippen LogP contribution is -2.39. The second kappa shape index (κ2) is 11.3. The summed E-state index contributed by atoms with van der Waals surface area (Å²) in [5.41, 5.74) is 3.01. The summed E-state index contributed by atoms with van der Waals surface area (Å²) in [7, 11) is 2.89. The van der Waals surface area contributed by atoms with Crippen LogP contribution in [-0.4, -0.2) is 24.8 Å². The van der Waals surface area contributed by atoms with Crippen molar-refractivity contribution < 1.29 is 19.0 Å². The number of rotatable bonds is 7. The molecule has 0 aliphatic carbocycles. The zero-order valence-electron chi connectivity index (χ0n) is 21.5. The number of ether oxygens (including phenoxy) is 3. The van der Waals surface area contributed by atoms with Crippen molar-refractivity contribution >= 4 is 35.0 Å². The van der Waals surface area contributed by atoms with E-state index in [1.807, 2.05) is 60.7 Å². The van der Waals surface area contributed by atoms with E-state index in [0.717, 1.165) is 16.7 Å². The van der Waals surface area contributed by atoms with Crippen LogP contribution in [0.4, 0.5) is 0 Å². The summed E-state index contributed by atoms with van der Waals surface area (Å²) in [6.45, 7) is 2.04. The molecule has 0 saturated heterocycles. The second-order valence-corrected chi connectivity index (χ2v) is 10.2. The van der Waals surface area contributed by atoms with Crippen LogP contribution < -0.4 is 24.4 Å². The number of hydrogen-bond donors (Lipinski definition) is 0. The number of thiazole rings is 1. The summed E-state index contributed by atoms with van der Waals surface area (Å²) in [5, 5.41) is 0.628. The molecule has 0 fully saturated rings. The Morgan fingerprint density at radius 3 is 2.51 bits per heavy atom. The number of hydrogen-bond acceptors (Lipinski definition) is 7. The van der Waals surface area contributed by atoms with Gasteiger partial charge >= 0.3 is 5.97 Å². The Kier molecular flexibility index (Phi) is 7.67. The van der Waals surface area contributed by atoms with Crippen LogP contribution >= 0.6 is 22.9 Å². The van der Waals surface area contributed by atoms with Crippen molar-refractivity contribution in [2.75, 3.05) is 14.2 Å². The van der Waals surface area contributed by atoms with Gasteiger partial charge in [-0.25, -0.2) is 9.79 Å². The Morgan fingerprint density at radius 1 is 1.05 bits per heavy atom. The number of nitrogens with zero attached hydrogens (tertiary/aromatic N) is 2. The second-order valence-electron chi connectivity index (χ2n) is 8.77. The van der Waals surface area contributed by atoms with E-state index >= 15 is 0 Å². The molecule has 39 heavy (non-hydrogen) atoms. The van der Waals surface area contributed by atoms with Gasteiger partial charge in [-0.05, 0) is 42.3 Å². The summed E-state index contributed by atoms with van der Waals surface area (Å²) in [4.78, 5) is 31.6. The third kappa shape index (κ3) is 5.26. The van der Waals surface area contributed by atoms with Crippen molar-refractivity contribution in [3.63, 3.8) is 0 Å². The Bertz CT molecular complexity index is 1760. The molecule has 0 bridgehead atoms. The van der Waals surface area contributed by atoms with E-state index in [4.69, 9.17) is 25.8 Å². The average Bonchev–Trinajstić information content (AvgIpc) is 3.26. The van der Waals surface area contributed by atoms with Crippen molar-refractivity contribution in [1.82, 2.24) is 4.57 Å².